The summed E-state index contributed by atoms with van der Waals surface area (Å²) >= 11 is 0. The first-order chi connectivity index (χ1) is 9.58. The van der Waals surface area contributed by atoms with Crippen LogP contribution in [0.3, 0.4) is 0 Å². The van der Waals surface area contributed by atoms with Gasteiger partial charge in [-0.1, -0.05) is 0 Å². The number of carbonyl (C=O) groups is 3. The van der Waals surface area contributed by atoms with Crippen LogP contribution in [0.15, 0.2) is 18.5 Å². The highest BCUT2D eigenvalue weighted by molar-refractivity contribution is 5.95. The number of carboxylic acids is 1. The highest BCUT2D eigenvalue weighted by Crippen LogP contribution is 2.11. The molecule has 2 heterocycles. The standard InChI is InChI=1S/C11H13N5O4/c17-8(18)6-7-9(19)12-4-5-16(7)11(20)15-10-13-2-1-3-14-10/h1-3,7H,4-6H2,(H,12,19)(H,17,18)(H,13,14,15,20). The molecule has 106 valence electrons. The number of nitrogens with zero attached hydrogens (tertiary/aromatic N) is 3. The molecule has 1 unspecified atom stereocenters. The van der Waals surface area contributed by atoms with Crippen molar-refractivity contribution in [3.63, 3.8) is 0 Å². The molecular weight excluding hydrogens is 266 g/mol. The van der Waals surface area contributed by atoms with Gasteiger partial charge in [0.05, 0.1) is 6.42 Å². The maximum absolute atomic E-state index is 12.1. The quantitative estimate of drug-likeness (QED) is 0.671. The Morgan fingerprint density at radius 3 is 2.80 bits per heavy atom. The van der Waals surface area contributed by atoms with Crippen molar-refractivity contribution in [2.24, 2.45) is 0 Å². The molecule has 9 heteroatoms. The summed E-state index contributed by atoms with van der Waals surface area (Å²) in [4.78, 5) is 43.3. The summed E-state index contributed by atoms with van der Waals surface area (Å²) in [5, 5.41) is 13.8. The van der Waals surface area contributed by atoms with E-state index in [-0.39, 0.29) is 19.0 Å². The number of aromatic nitrogens is 2. The number of carbonyl (C=O) groups excluding carboxylic acids is 2. The number of urea groups is 1. The summed E-state index contributed by atoms with van der Waals surface area (Å²) in [5.41, 5.74) is 0. The minimum Gasteiger partial charge on any atom is -0.481 e. The second kappa shape index (κ2) is 5.95. The first-order valence-electron chi connectivity index (χ1n) is 5.92. The van der Waals surface area contributed by atoms with E-state index in [4.69, 9.17) is 5.11 Å². The van der Waals surface area contributed by atoms with Gasteiger partial charge in [0.1, 0.15) is 6.04 Å². The van der Waals surface area contributed by atoms with Gasteiger partial charge in [0.25, 0.3) is 0 Å². The molecule has 1 saturated heterocycles. The van der Waals surface area contributed by atoms with E-state index in [0.717, 1.165) is 0 Å². The highest BCUT2D eigenvalue weighted by Gasteiger charge is 2.34. The van der Waals surface area contributed by atoms with Gasteiger partial charge in [0.15, 0.2) is 0 Å². The Kier molecular flexibility index (Phi) is 4.08. The van der Waals surface area contributed by atoms with Crippen LogP contribution in [-0.2, 0) is 9.59 Å². The van der Waals surface area contributed by atoms with Crippen molar-refractivity contribution in [1.82, 2.24) is 20.2 Å². The largest absolute Gasteiger partial charge is 0.481 e. The van der Waals surface area contributed by atoms with Crippen molar-refractivity contribution in [3.8, 4) is 0 Å². The number of nitrogens with one attached hydrogen (secondary N) is 2. The van der Waals surface area contributed by atoms with Crippen LogP contribution in [-0.4, -0.2) is 57.0 Å². The molecule has 3 N–H and O–H groups in total. The normalized spacial score (nSPS) is 18.3. The van der Waals surface area contributed by atoms with Gasteiger partial charge in [-0.25, -0.2) is 14.8 Å². The maximum Gasteiger partial charge on any atom is 0.324 e. The van der Waals surface area contributed by atoms with Gasteiger partial charge in [-0.3, -0.25) is 14.9 Å². The van der Waals surface area contributed by atoms with Crippen molar-refractivity contribution < 1.29 is 19.5 Å². The molecule has 20 heavy (non-hydrogen) atoms. The summed E-state index contributed by atoms with van der Waals surface area (Å²) in [6.07, 6.45) is 2.47. The maximum atomic E-state index is 12.1. The van der Waals surface area contributed by atoms with Crippen LogP contribution in [0.5, 0.6) is 0 Å². The average Bonchev–Trinajstić information content (AvgIpc) is 2.41. The lowest BCUT2D eigenvalue weighted by Crippen LogP contribution is -2.58. The number of hydrogen-bond acceptors (Lipinski definition) is 5. The Hall–Kier alpha value is -2.71. The molecule has 1 aliphatic rings. The molecule has 0 bridgehead atoms. The number of hydrogen-bond donors (Lipinski definition) is 3. The zero-order valence-corrected chi connectivity index (χ0v) is 10.4. The van der Waals surface area contributed by atoms with Gasteiger partial charge in [-0.2, -0.15) is 0 Å². The Morgan fingerprint density at radius 2 is 2.15 bits per heavy atom. The summed E-state index contributed by atoms with van der Waals surface area (Å²) in [5.74, 6) is -1.54. The summed E-state index contributed by atoms with van der Waals surface area (Å²) < 4.78 is 0. The van der Waals surface area contributed by atoms with Crippen LogP contribution in [0.1, 0.15) is 6.42 Å². The fraction of sp³-hybridized carbons (Fsp3) is 0.364. The van der Waals surface area contributed by atoms with E-state index >= 15 is 0 Å². The van der Waals surface area contributed by atoms with Gasteiger partial charge < -0.3 is 15.3 Å². The van der Waals surface area contributed by atoms with Crippen molar-refractivity contribution >= 4 is 23.9 Å². The van der Waals surface area contributed by atoms with Crippen LogP contribution in [0.25, 0.3) is 0 Å². The Labute approximate surface area is 114 Å². The molecular formula is C11H13N5O4. The zero-order valence-electron chi connectivity index (χ0n) is 10.4. The van der Waals surface area contributed by atoms with Gasteiger partial charge >= 0.3 is 12.0 Å². The first-order valence-corrected chi connectivity index (χ1v) is 5.92. The van der Waals surface area contributed by atoms with Crippen LogP contribution in [0.4, 0.5) is 10.7 Å². The molecule has 1 atom stereocenters. The van der Waals surface area contributed by atoms with Crippen molar-refractivity contribution in [1.29, 1.82) is 0 Å². The van der Waals surface area contributed by atoms with Crippen LogP contribution in [0, 0.1) is 0 Å². The number of piperazine rings is 1. The summed E-state index contributed by atoms with van der Waals surface area (Å²) in [7, 11) is 0. The Bertz CT molecular complexity index is 521. The molecule has 2 rings (SSSR count). The van der Waals surface area contributed by atoms with Crippen LogP contribution in [0.2, 0.25) is 0 Å². The van der Waals surface area contributed by atoms with Crippen molar-refractivity contribution in [2.75, 3.05) is 18.4 Å². The smallest absolute Gasteiger partial charge is 0.324 e. The van der Waals surface area contributed by atoms with E-state index in [0.29, 0.717) is 0 Å². The van der Waals surface area contributed by atoms with E-state index in [1.54, 1.807) is 6.07 Å². The predicted molar refractivity (Wildman–Crippen MR) is 66.8 cm³/mol. The van der Waals surface area contributed by atoms with Crippen LogP contribution < -0.4 is 10.6 Å². The molecule has 3 amide bonds. The van der Waals surface area contributed by atoms with Gasteiger partial charge in [0, 0.05) is 25.5 Å². The van der Waals surface area contributed by atoms with E-state index in [9.17, 15) is 14.4 Å². The van der Waals surface area contributed by atoms with Gasteiger partial charge in [-0.05, 0) is 6.07 Å². The Morgan fingerprint density at radius 1 is 1.45 bits per heavy atom. The molecule has 9 nitrogen and oxygen atoms in total. The minimum absolute atomic E-state index is 0.0950. The first kappa shape index (κ1) is 13.7. The van der Waals surface area contributed by atoms with E-state index in [2.05, 4.69) is 20.6 Å². The number of rotatable bonds is 3. The zero-order chi connectivity index (χ0) is 14.5. The summed E-state index contributed by atoms with van der Waals surface area (Å²) in [6, 6.07) is -0.0423. The molecule has 1 aromatic rings. The lowest BCUT2D eigenvalue weighted by molar-refractivity contribution is -0.142. The molecule has 0 radical (unpaired) electrons. The SMILES string of the molecule is O=C(O)CC1C(=O)NCCN1C(=O)Nc1ncccn1. The third kappa shape index (κ3) is 3.19. The van der Waals surface area contributed by atoms with Crippen molar-refractivity contribution in [3.05, 3.63) is 18.5 Å². The summed E-state index contributed by atoms with van der Waals surface area (Å²) in [6.45, 7) is 0.500. The van der Waals surface area contributed by atoms with Gasteiger partial charge in [0.2, 0.25) is 11.9 Å². The second-order valence-electron chi connectivity index (χ2n) is 4.10. The van der Waals surface area contributed by atoms with Crippen molar-refractivity contribution in [2.45, 2.75) is 12.5 Å². The fourth-order valence-corrected chi connectivity index (χ4v) is 1.86. The molecule has 0 spiro atoms. The Balaban J connectivity index is 2.09. The monoisotopic (exact) mass is 279 g/mol. The molecule has 1 aliphatic heterocycles. The predicted octanol–water partition coefficient (Wildman–Crippen LogP) is -0.716. The number of amides is 3. The van der Waals surface area contributed by atoms with Crippen LogP contribution >= 0.6 is 0 Å². The number of aliphatic carboxylic acids is 1. The topological polar surface area (TPSA) is 125 Å². The highest BCUT2D eigenvalue weighted by atomic mass is 16.4. The molecule has 0 saturated carbocycles. The fourth-order valence-electron chi connectivity index (χ4n) is 1.86. The number of anilines is 1. The second-order valence-corrected chi connectivity index (χ2v) is 4.10. The average molecular weight is 279 g/mol. The molecule has 1 aromatic heterocycles. The third-order valence-corrected chi connectivity index (χ3v) is 2.74. The lowest BCUT2D eigenvalue weighted by atomic mass is 10.1. The molecule has 1 fully saturated rings. The minimum atomic E-state index is -1.15. The number of carboxylic acid groups (broad SMARTS) is 1. The van der Waals surface area contributed by atoms with E-state index in [1.165, 1.54) is 17.3 Å². The molecule has 0 aromatic carbocycles. The van der Waals surface area contributed by atoms with Gasteiger partial charge in [-0.15, -0.1) is 0 Å². The third-order valence-electron chi connectivity index (χ3n) is 2.74. The lowest BCUT2D eigenvalue weighted by Gasteiger charge is -2.33. The molecule has 0 aliphatic carbocycles. The van der Waals surface area contributed by atoms with E-state index in [1.807, 2.05) is 0 Å². The van der Waals surface area contributed by atoms with E-state index < -0.39 is 30.4 Å².